The molecule has 2 heterocycles. The van der Waals surface area contributed by atoms with Crippen molar-refractivity contribution in [3.05, 3.63) is 57.4 Å². The first-order valence-electron chi connectivity index (χ1n) is 6.02. The summed E-state index contributed by atoms with van der Waals surface area (Å²) < 4.78 is 2.11. The lowest BCUT2D eigenvalue weighted by Crippen LogP contribution is -2.29. The SMILES string of the molecule is NNC(=O)c1ccc(Cn2ccc3c(Cl)cccc32)s1. The lowest BCUT2D eigenvalue weighted by Gasteiger charge is -2.03. The van der Waals surface area contributed by atoms with E-state index in [9.17, 15) is 4.79 Å². The highest BCUT2D eigenvalue weighted by molar-refractivity contribution is 7.14. The molecule has 2 aromatic heterocycles. The topological polar surface area (TPSA) is 60.0 Å². The van der Waals surface area contributed by atoms with E-state index in [1.54, 1.807) is 6.07 Å². The number of hydrogen-bond acceptors (Lipinski definition) is 3. The Morgan fingerprint density at radius 3 is 2.95 bits per heavy atom. The molecule has 0 aliphatic carbocycles. The summed E-state index contributed by atoms with van der Waals surface area (Å²) in [5, 5.41) is 1.78. The number of nitrogens with zero attached hydrogens (tertiary/aromatic N) is 1. The molecule has 0 spiro atoms. The number of benzene rings is 1. The van der Waals surface area contributed by atoms with Gasteiger partial charge in [-0.2, -0.15) is 0 Å². The van der Waals surface area contributed by atoms with Gasteiger partial charge >= 0.3 is 0 Å². The number of hydrogen-bond donors (Lipinski definition) is 2. The number of thiophene rings is 1. The van der Waals surface area contributed by atoms with E-state index in [0.717, 1.165) is 20.8 Å². The first-order valence-corrected chi connectivity index (χ1v) is 7.21. The summed E-state index contributed by atoms with van der Waals surface area (Å²) in [6.07, 6.45) is 2.00. The minimum atomic E-state index is -0.262. The third kappa shape index (κ3) is 2.31. The van der Waals surface area contributed by atoms with Crippen molar-refractivity contribution in [3.63, 3.8) is 0 Å². The van der Waals surface area contributed by atoms with Gasteiger partial charge in [0.25, 0.3) is 5.91 Å². The summed E-state index contributed by atoms with van der Waals surface area (Å²) in [7, 11) is 0. The third-order valence-corrected chi connectivity index (χ3v) is 4.50. The van der Waals surface area contributed by atoms with Gasteiger partial charge in [-0.05, 0) is 30.3 Å². The van der Waals surface area contributed by atoms with E-state index in [0.29, 0.717) is 11.4 Å². The van der Waals surface area contributed by atoms with Gasteiger partial charge in [-0.3, -0.25) is 10.2 Å². The summed E-state index contributed by atoms with van der Waals surface area (Å²) >= 11 is 7.59. The Balaban J connectivity index is 1.92. The summed E-state index contributed by atoms with van der Waals surface area (Å²) in [4.78, 5) is 13.1. The second kappa shape index (κ2) is 5.28. The van der Waals surface area contributed by atoms with E-state index in [2.05, 4.69) is 9.99 Å². The molecule has 0 atom stereocenters. The van der Waals surface area contributed by atoms with Crippen molar-refractivity contribution in [2.24, 2.45) is 5.84 Å². The van der Waals surface area contributed by atoms with Crippen LogP contribution in [0.25, 0.3) is 10.9 Å². The van der Waals surface area contributed by atoms with E-state index in [4.69, 9.17) is 17.4 Å². The molecule has 0 aliphatic rings. The Kier molecular flexibility index (Phi) is 3.48. The minimum Gasteiger partial charge on any atom is -0.342 e. The van der Waals surface area contributed by atoms with E-state index in [1.807, 2.05) is 36.5 Å². The number of carbonyl (C=O) groups excluding carboxylic acids is 1. The van der Waals surface area contributed by atoms with Crippen LogP contribution in [0, 0.1) is 0 Å². The zero-order valence-corrected chi connectivity index (χ0v) is 12.0. The predicted molar refractivity (Wildman–Crippen MR) is 82.0 cm³/mol. The molecular formula is C14H12ClN3OS. The number of carbonyl (C=O) groups is 1. The monoisotopic (exact) mass is 305 g/mol. The molecule has 0 aliphatic heterocycles. The second-order valence-electron chi connectivity index (χ2n) is 4.36. The van der Waals surface area contributed by atoms with E-state index in [1.165, 1.54) is 11.3 Å². The Morgan fingerprint density at radius 2 is 2.15 bits per heavy atom. The average molecular weight is 306 g/mol. The number of amides is 1. The van der Waals surface area contributed by atoms with Crippen molar-refractivity contribution in [3.8, 4) is 0 Å². The van der Waals surface area contributed by atoms with Crippen molar-refractivity contribution >= 4 is 39.7 Å². The maximum Gasteiger partial charge on any atom is 0.275 e. The minimum absolute atomic E-state index is 0.262. The Labute approximate surface area is 124 Å². The molecule has 1 amide bonds. The summed E-state index contributed by atoms with van der Waals surface area (Å²) in [5.41, 5.74) is 3.22. The molecular weight excluding hydrogens is 294 g/mol. The molecule has 3 N–H and O–H groups in total. The van der Waals surface area contributed by atoms with Gasteiger partial charge in [0.2, 0.25) is 0 Å². The van der Waals surface area contributed by atoms with Crippen LogP contribution in [0.2, 0.25) is 5.02 Å². The van der Waals surface area contributed by atoms with Crippen LogP contribution in [-0.2, 0) is 6.54 Å². The Morgan fingerprint density at radius 1 is 1.30 bits per heavy atom. The highest BCUT2D eigenvalue weighted by atomic mass is 35.5. The predicted octanol–water partition coefficient (Wildman–Crippen LogP) is 3.01. The standard InChI is InChI=1S/C14H12ClN3OS/c15-11-2-1-3-12-10(11)6-7-18(12)8-9-4-5-13(20-9)14(19)17-16/h1-7H,8,16H2,(H,17,19). The van der Waals surface area contributed by atoms with Gasteiger partial charge in [0.15, 0.2) is 0 Å². The molecule has 6 heteroatoms. The number of rotatable bonds is 3. The zero-order valence-electron chi connectivity index (χ0n) is 10.5. The number of fused-ring (bicyclic) bond motifs is 1. The van der Waals surface area contributed by atoms with Gasteiger partial charge in [-0.25, -0.2) is 5.84 Å². The molecule has 102 valence electrons. The maximum absolute atomic E-state index is 11.4. The normalized spacial score (nSPS) is 10.9. The van der Waals surface area contributed by atoms with Crippen LogP contribution in [0.5, 0.6) is 0 Å². The van der Waals surface area contributed by atoms with Gasteiger partial charge in [0, 0.05) is 27.0 Å². The van der Waals surface area contributed by atoms with Gasteiger partial charge in [-0.1, -0.05) is 17.7 Å². The van der Waals surface area contributed by atoms with Gasteiger partial charge in [0.05, 0.1) is 11.4 Å². The van der Waals surface area contributed by atoms with Crippen molar-refractivity contribution in [1.29, 1.82) is 0 Å². The molecule has 1 aromatic carbocycles. The molecule has 0 bridgehead atoms. The zero-order chi connectivity index (χ0) is 14.1. The Bertz CT molecular complexity index is 778. The van der Waals surface area contributed by atoms with Crippen LogP contribution in [0.15, 0.2) is 42.6 Å². The smallest absolute Gasteiger partial charge is 0.275 e. The molecule has 0 radical (unpaired) electrons. The van der Waals surface area contributed by atoms with Crippen molar-refractivity contribution in [1.82, 2.24) is 9.99 Å². The number of nitrogens with one attached hydrogen (secondary N) is 1. The van der Waals surface area contributed by atoms with Crippen molar-refractivity contribution in [2.45, 2.75) is 6.54 Å². The molecule has 0 saturated carbocycles. The van der Waals surface area contributed by atoms with Crippen LogP contribution in [0.4, 0.5) is 0 Å². The average Bonchev–Trinajstić information content (AvgIpc) is 3.07. The third-order valence-electron chi connectivity index (χ3n) is 3.10. The lowest BCUT2D eigenvalue weighted by atomic mass is 10.2. The van der Waals surface area contributed by atoms with E-state index in [-0.39, 0.29) is 5.91 Å². The Hall–Kier alpha value is -1.82. The molecule has 0 fully saturated rings. The molecule has 20 heavy (non-hydrogen) atoms. The lowest BCUT2D eigenvalue weighted by molar-refractivity contribution is 0.0957. The quantitative estimate of drug-likeness (QED) is 0.444. The molecule has 3 rings (SSSR count). The van der Waals surface area contributed by atoms with Crippen LogP contribution in [0.1, 0.15) is 14.5 Å². The fourth-order valence-electron chi connectivity index (χ4n) is 2.15. The number of aromatic nitrogens is 1. The van der Waals surface area contributed by atoms with Crippen LogP contribution >= 0.6 is 22.9 Å². The fraction of sp³-hybridized carbons (Fsp3) is 0.0714. The highest BCUT2D eigenvalue weighted by Crippen LogP contribution is 2.26. The number of nitrogens with two attached hydrogens (primary N) is 1. The molecule has 0 saturated heterocycles. The van der Waals surface area contributed by atoms with Crippen molar-refractivity contribution < 1.29 is 4.79 Å². The van der Waals surface area contributed by atoms with Gasteiger partial charge in [0.1, 0.15) is 0 Å². The largest absolute Gasteiger partial charge is 0.342 e. The number of halogens is 1. The van der Waals surface area contributed by atoms with Gasteiger partial charge in [-0.15, -0.1) is 11.3 Å². The number of nitrogen functional groups attached to an aromatic ring is 1. The van der Waals surface area contributed by atoms with Crippen LogP contribution in [0.3, 0.4) is 0 Å². The molecule has 0 unspecified atom stereocenters. The second-order valence-corrected chi connectivity index (χ2v) is 5.93. The first kappa shape index (κ1) is 13.2. The summed E-state index contributed by atoms with van der Waals surface area (Å²) in [5.74, 6) is 4.87. The molecule has 4 nitrogen and oxygen atoms in total. The van der Waals surface area contributed by atoms with E-state index >= 15 is 0 Å². The maximum atomic E-state index is 11.4. The van der Waals surface area contributed by atoms with E-state index < -0.39 is 0 Å². The highest BCUT2D eigenvalue weighted by Gasteiger charge is 2.09. The first-order chi connectivity index (χ1) is 9.69. The van der Waals surface area contributed by atoms with Crippen LogP contribution < -0.4 is 11.3 Å². The van der Waals surface area contributed by atoms with Gasteiger partial charge < -0.3 is 4.57 Å². The van der Waals surface area contributed by atoms with Crippen LogP contribution in [-0.4, -0.2) is 10.5 Å². The molecule has 3 aromatic rings. The summed E-state index contributed by atoms with van der Waals surface area (Å²) in [6.45, 7) is 0.701. The number of hydrazine groups is 1. The fourth-order valence-corrected chi connectivity index (χ4v) is 3.29. The summed E-state index contributed by atoms with van der Waals surface area (Å²) in [6, 6.07) is 11.6. The van der Waals surface area contributed by atoms with Crippen molar-refractivity contribution in [2.75, 3.05) is 0 Å².